The number of benzene rings is 1. The second-order valence-corrected chi connectivity index (χ2v) is 10.7. The van der Waals surface area contributed by atoms with Crippen molar-refractivity contribution in [2.75, 3.05) is 13.2 Å². The average molecular weight is 441 g/mol. The third kappa shape index (κ3) is 5.33. The van der Waals surface area contributed by atoms with Gasteiger partial charge in [-0.25, -0.2) is 0 Å². The Morgan fingerprint density at radius 3 is 2.16 bits per heavy atom. The summed E-state index contributed by atoms with van der Waals surface area (Å²) in [5.41, 5.74) is 0.746. The second kappa shape index (κ2) is 9.63. The van der Waals surface area contributed by atoms with Crippen molar-refractivity contribution < 1.29 is 19.1 Å². The Hall–Kier alpha value is -2.37. The van der Waals surface area contributed by atoms with Gasteiger partial charge in [-0.3, -0.25) is 14.4 Å². The third-order valence-electron chi connectivity index (χ3n) is 7.52. The quantitative estimate of drug-likeness (QED) is 0.573. The normalized spacial score (nSPS) is 28.9. The smallest absolute Gasteiger partial charge is 0.325 e. The van der Waals surface area contributed by atoms with E-state index in [2.05, 4.69) is 24.5 Å². The van der Waals surface area contributed by atoms with Crippen LogP contribution in [0.3, 0.4) is 0 Å². The highest BCUT2D eigenvalue weighted by Crippen LogP contribution is 2.60. The fourth-order valence-corrected chi connectivity index (χ4v) is 6.60. The first-order chi connectivity index (χ1) is 15.3. The van der Waals surface area contributed by atoms with Crippen LogP contribution in [0.5, 0.6) is 0 Å². The van der Waals surface area contributed by atoms with E-state index in [9.17, 15) is 14.4 Å². The molecule has 1 aromatic carbocycles. The van der Waals surface area contributed by atoms with Gasteiger partial charge in [0.1, 0.15) is 6.54 Å². The maximum absolute atomic E-state index is 12.9. The van der Waals surface area contributed by atoms with Gasteiger partial charge in [0.05, 0.1) is 6.04 Å². The van der Waals surface area contributed by atoms with Gasteiger partial charge in [-0.05, 0) is 74.2 Å². The fourth-order valence-electron chi connectivity index (χ4n) is 6.60. The molecular formula is C26H36N2O4. The van der Waals surface area contributed by atoms with Crippen LogP contribution in [0.1, 0.15) is 70.4 Å². The Labute approximate surface area is 190 Å². The van der Waals surface area contributed by atoms with E-state index in [0.29, 0.717) is 23.7 Å². The molecule has 0 aromatic heterocycles. The first-order valence-electron chi connectivity index (χ1n) is 12.1. The lowest BCUT2D eigenvalue weighted by Gasteiger charge is -2.55. The van der Waals surface area contributed by atoms with Gasteiger partial charge in [0, 0.05) is 5.41 Å². The van der Waals surface area contributed by atoms with Crippen LogP contribution >= 0.6 is 0 Å². The Morgan fingerprint density at radius 2 is 1.59 bits per heavy atom. The molecule has 4 aliphatic rings. The molecule has 174 valence electrons. The van der Waals surface area contributed by atoms with E-state index in [4.69, 9.17) is 4.74 Å². The van der Waals surface area contributed by atoms with Gasteiger partial charge in [-0.1, -0.05) is 44.2 Å². The number of rotatable bonds is 9. The van der Waals surface area contributed by atoms with Crippen molar-refractivity contribution in [3.05, 3.63) is 35.9 Å². The summed E-state index contributed by atoms with van der Waals surface area (Å²) in [5.74, 6) is 1.52. The standard InChI is InChI=1S/C26H36N2O4/c1-17(2)8-22(21-6-4-3-5-7-21)28-23(29)16-32-24(30)15-27-25(31)26-12-18-9-19(13-26)11-20(10-18)14-26/h3-7,17-20,22H,8-16H2,1-2H3,(H,27,31)(H,28,29). The molecule has 2 N–H and O–H groups in total. The highest BCUT2D eigenvalue weighted by molar-refractivity contribution is 5.87. The van der Waals surface area contributed by atoms with Crippen LogP contribution in [0.2, 0.25) is 0 Å². The van der Waals surface area contributed by atoms with E-state index < -0.39 is 5.97 Å². The van der Waals surface area contributed by atoms with Gasteiger partial charge < -0.3 is 15.4 Å². The van der Waals surface area contributed by atoms with Crippen molar-refractivity contribution in [2.45, 2.75) is 64.8 Å². The molecule has 32 heavy (non-hydrogen) atoms. The Morgan fingerprint density at radius 1 is 1.00 bits per heavy atom. The van der Waals surface area contributed by atoms with Gasteiger partial charge in [0.15, 0.2) is 6.61 Å². The van der Waals surface area contributed by atoms with Gasteiger partial charge in [0.2, 0.25) is 5.91 Å². The van der Waals surface area contributed by atoms with Crippen molar-refractivity contribution in [1.29, 1.82) is 0 Å². The molecule has 1 aromatic rings. The van der Waals surface area contributed by atoms with Crippen LogP contribution in [0.15, 0.2) is 30.3 Å². The van der Waals surface area contributed by atoms with E-state index in [1.807, 2.05) is 30.3 Å². The molecule has 4 fully saturated rings. The molecule has 0 aliphatic heterocycles. The van der Waals surface area contributed by atoms with Crippen LogP contribution in [0.4, 0.5) is 0 Å². The van der Waals surface area contributed by atoms with E-state index in [-0.39, 0.29) is 36.4 Å². The molecule has 4 saturated carbocycles. The molecule has 0 saturated heterocycles. The van der Waals surface area contributed by atoms with E-state index in [1.165, 1.54) is 19.3 Å². The minimum atomic E-state index is -0.571. The zero-order chi connectivity index (χ0) is 22.7. The highest BCUT2D eigenvalue weighted by Gasteiger charge is 2.54. The summed E-state index contributed by atoms with van der Waals surface area (Å²) in [6, 6.07) is 9.68. The minimum Gasteiger partial charge on any atom is -0.454 e. The Kier molecular flexibility index (Phi) is 6.87. The van der Waals surface area contributed by atoms with Crippen molar-refractivity contribution in [3.63, 3.8) is 0 Å². The van der Waals surface area contributed by atoms with Gasteiger partial charge in [0.25, 0.3) is 5.91 Å². The first-order valence-corrected chi connectivity index (χ1v) is 12.1. The largest absolute Gasteiger partial charge is 0.454 e. The second-order valence-electron chi connectivity index (χ2n) is 10.7. The van der Waals surface area contributed by atoms with E-state index in [1.54, 1.807) is 0 Å². The van der Waals surface area contributed by atoms with Crippen molar-refractivity contribution in [2.24, 2.45) is 29.1 Å². The van der Waals surface area contributed by atoms with Gasteiger partial charge in [-0.2, -0.15) is 0 Å². The zero-order valence-electron chi connectivity index (χ0n) is 19.3. The van der Waals surface area contributed by atoms with Gasteiger partial charge in [-0.15, -0.1) is 0 Å². The monoisotopic (exact) mass is 440 g/mol. The molecule has 6 heteroatoms. The molecule has 6 nitrogen and oxygen atoms in total. The van der Waals surface area contributed by atoms with Crippen molar-refractivity contribution in [1.82, 2.24) is 10.6 Å². The molecule has 0 radical (unpaired) electrons. The summed E-state index contributed by atoms with van der Waals surface area (Å²) >= 11 is 0. The van der Waals surface area contributed by atoms with Crippen LogP contribution in [-0.4, -0.2) is 30.9 Å². The zero-order valence-corrected chi connectivity index (χ0v) is 19.3. The maximum Gasteiger partial charge on any atom is 0.325 e. The Balaban J connectivity index is 1.22. The number of carbonyl (C=O) groups excluding carboxylic acids is 3. The molecule has 0 heterocycles. The topological polar surface area (TPSA) is 84.5 Å². The average Bonchev–Trinajstić information content (AvgIpc) is 2.75. The number of carbonyl (C=O) groups is 3. The van der Waals surface area contributed by atoms with Gasteiger partial charge >= 0.3 is 5.97 Å². The minimum absolute atomic E-state index is 0.000855. The molecular weight excluding hydrogens is 404 g/mol. The molecule has 1 atom stereocenters. The lowest BCUT2D eigenvalue weighted by Crippen LogP contribution is -2.54. The summed E-state index contributed by atoms with van der Waals surface area (Å²) < 4.78 is 5.15. The summed E-state index contributed by atoms with van der Waals surface area (Å²) in [6.07, 6.45) is 7.47. The first kappa shape index (κ1) is 22.8. The summed E-state index contributed by atoms with van der Waals surface area (Å²) in [5, 5.41) is 5.78. The van der Waals surface area contributed by atoms with Crippen LogP contribution in [0.25, 0.3) is 0 Å². The third-order valence-corrected chi connectivity index (χ3v) is 7.52. The van der Waals surface area contributed by atoms with Crippen LogP contribution < -0.4 is 10.6 Å². The van der Waals surface area contributed by atoms with E-state index >= 15 is 0 Å². The van der Waals surface area contributed by atoms with Crippen molar-refractivity contribution in [3.8, 4) is 0 Å². The summed E-state index contributed by atoms with van der Waals surface area (Å²) in [6.45, 7) is 3.69. The fraction of sp³-hybridized carbons (Fsp3) is 0.654. The number of ether oxygens (including phenoxy) is 1. The number of hydrogen-bond acceptors (Lipinski definition) is 4. The predicted molar refractivity (Wildman–Crippen MR) is 121 cm³/mol. The number of hydrogen-bond donors (Lipinski definition) is 2. The van der Waals surface area contributed by atoms with Crippen LogP contribution in [0, 0.1) is 29.1 Å². The molecule has 0 spiro atoms. The van der Waals surface area contributed by atoms with Crippen molar-refractivity contribution >= 4 is 17.8 Å². The summed E-state index contributed by atoms with van der Waals surface area (Å²) in [4.78, 5) is 37.5. The number of esters is 1. The molecule has 2 amide bonds. The molecule has 4 aliphatic carbocycles. The Bertz CT molecular complexity index is 800. The molecule has 1 unspecified atom stereocenters. The highest BCUT2D eigenvalue weighted by atomic mass is 16.5. The lowest BCUT2D eigenvalue weighted by molar-refractivity contribution is -0.152. The summed E-state index contributed by atoms with van der Waals surface area (Å²) in [7, 11) is 0. The molecule has 4 bridgehead atoms. The number of amides is 2. The SMILES string of the molecule is CC(C)CC(NC(=O)COC(=O)CNC(=O)C12CC3CC(CC(C3)C1)C2)c1ccccc1. The predicted octanol–water partition coefficient (Wildman–Crippen LogP) is 3.77. The lowest BCUT2D eigenvalue weighted by atomic mass is 9.49. The number of nitrogens with one attached hydrogen (secondary N) is 2. The van der Waals surface area contributed by atoms with Crippen LogP contribution in [-0.2, 0) is 19.1 Å². The molecule has 5 rings (SSSR count). The van der Waals surface area contributed by atoms with E-state index in [0.717, 1.165) is 31.2 Å². The maximum atomic E-state index is 12.9.